The van der Waals surface area contributed by atoms with Crippen LogP contribution < -0.4 is 10.6 Å². The maximum absolute atomic E-state index is 12.9. The van der Waals surface area contributed by atoms with Gasteiger partial charge in [-0.05, 0) is 64.1 Å². The zero-order valence-corrected chi connectivity index (χ0v) is 19.7. The summed E-state index contributed by atoms with van der Waals surface area (Å²) in [5.41, 5.74) is -1.52. The summed E-state index contributed by atoms with van der Waals surface area (Å²) in [4.78, 5) is 25.4. The van der Waals surface area contributed by atoms with Crippen molar-refractivity contribution in [3.8, 4) is 0 Å². The molecule has 3 rings (SSSR count). The molecule has 0 bridgehead atoms. The van der Waals surface area contributed by atoms with E-state index in [0.29, 0.717) is 16.3 Å². The second kappa shape index (κ2) is 9.17. The number of hydrazone groups is 1. The summed E-state index contributed by atoms with van der Waals surface area (Å²) < 4.78 is 43.7. The van der Waals surface area contributed by atoms with Crippen molar-refractivity contribution >= 4 is 35.1 Å². The highest BCUT2D eigenvalue weighted by molar-refractivity contribution is 6.30. The van der Waals surface area contributed by atoms with Crippen LogP contribution in [-0.2, 0) is 10.9 Å². The summed E-state index contributed by atoms with van der Waals surface area (Å²) >= 11 is 5.98. The predicted octanol–water partition coefficient (Wildman–Crippen LogP) is 5.89. The van der Waals surface area contributed by atoms with Crippen molar-refractivity contribution in [3.63, 3.8) is 0 Å². The van der Waals surface area contributed by atoms with Gasteiger partial charge in [-0.25, -0.2) is 14.6 Å². The molecule has 0 fully saturated rings. The van der Waals surface area contributed by atoms with E-state index < -0.39 is 35.0 Å². The molecule has 3 amide bonds. The Morgan fingerprint density at radius 3 is 2.18 bits per heavy atom. The number of hydrogen-bond donors (Lipinski definition) is 2. The number of amides is 3. The van der Waals surface area contributed by atoms with E-state index in [-0.39, 0.29) is 12.2 Å². The molecule has 1 unspecified atom stereocenters. The third kappa shape index (κ3) is 6.19. The van der Waals surface area contributed by atoms with E-state index in [1.165, 1.54) is 0 Å². The van der Waals surface area contributed by atoms with E-state index in [1.54, 1.807) is 52.0 Å². The molecule has 182 valence electrons. The Morgan fingerprint density at radius 1 is 1.06 bits per heavy atom. The summed E-state index contributed by atoms with van der Waals surface area (Å²) in [6.45, 7) is 6.82. The van der Waals surface area contributed by atoms with Gasteiger partial charge in [0.05, 0.1) is 17.8 Å². The Bertz CT molecular complexity index is 1100. The lowest BCUT2D eigenvalue weighted by atomic mass is 9.91. The van der Waals surface area contributed by atoms with E-state index in [1.807, 2.05) is 0 Å². The third-order valence-electron chi connectivity index (χ3n) is 4.80. The SMILES string of the molecule is CC(C)(C)OC(=O)NC1(C)CN(C(=O)Nc2ccc(C(F)(F)F)cc2)N=C1c1ccc(Cl)cc1. The standard InChI is InChI=1S/C23H24ClF3N4O3/c1-21(2,3)34-20(33)29-22(4)13-31(30-18(22)14-5-9-16(24)10-6-14)19(32)28-17-11-7-15(8-12-17)23(25,26)27/h5-12H,13H2,1-4H3,(H,28,32)(H,29,33). The van der Waals surface area contributed by atoms with Crippen molar-refractivity contribution in [2.45, 2.75) is 45.0 Å². The van der Waals surface area contributed by atoms with Gasteiger partial charge in [0.1, 0.15) is 11.1 Å². The zero-order valence-electron chi connectivity index (χ0n) is 19.0. The molecule has 1 aliphatic rings. The molecule has 2 N–H and O–H groups in total. The Morgan fingerprint density at radius 2 is 1.65 bits per heavy atom. The number of anilines is 1. The van der Waals surface area contributed by atoms with Crippen molar-refractivity contribution in [1.29, 1.82) is 0 Å². The average Bonchev–Trinajstić information content (AvgIpc) is 3.04. The van der Waals surface area contributed by atoms with Gasteiger partial charge in [0.2, 0.25) is 0 Å². The highest BCUT2D eigenvalue weighted by Crippen LogP contribution is 2.30. The number of hydrogen-bond acceptors (Lipinski definition) is 4. The number of benzene rings is 2. The van der Waals surface area contributed by atoms with Crippen LogP contribution in [-0.4, -0.2) is 40.5 Å². The van der Waals surface area contributed by atoms with Gasteiger partial charge in [-0.2, -0.15) is 18.3 Å². The lowest BCUT2D eigenvalue weighted by molar-refractivity contribution is -0.137. The number of carbonyl (C=O) groups excluding carboxylic acids is 2. The highest BCUT2D eigenvalue weighted by Gasteiger charge is 2.43. The van der Waals surface area contributed by atoms with E-state index in [0.717, 1.165) is 29.3 Å². The first-order valence-electron chi connectivity index (χ1n) is 10.3. The fraction of sp³-hybridized carbons (Fsp3) is 0.348. The average molecular weight is 497 g/mol. The fourth-order valence-electron chi connectivity index (χ4n) is 3.30. The molecule has 1 atom stereocenters. The Kier molecular flexibility index (Phi) is 6.84. The van der Waals surface area contributed by atoms with Crippen LogP contribution in [0.5, 0.6) is 0 Å². The van der Waals surface area contributed by atoms with Crippen molar-refractivity contribution in [3.05, 3.63) is 64.7 Å². The number of urea groups is 1. The van der Waals surface area contributed by atoms with Crippen LogP contribution in [0.25, 0.3) is 0 Å². The van der Waals surface area contributed by atoms with Crippen molar-refractivity contribution in [2.24, 2.45) is 5.10 Å². The van der Waals surface area contributed by atoms with Gasteiger partial charge in [-0.3, -0.25) is 0 Å². The Hall–Kier alpha value is -3.27. The molecule has 0 aromatic heterocycles. The van der Waals surface area contributed by atoms with E-state index in [4.69, 9.17) is 16.3 Å². The van der Waals surface area contributed by atoms with Crippen LogP contribution in [0.3, 0.4) is 0 Å². The van der Waals surface area contributed by atoms with Gasteiger partial charge in [0, 0.05) is 16.3 Å². The zero-order chi connectivity index (χ0) is 25.3. The predicted molar refractivity (Wildman–Crippen MR) is 123 cm³/mol. The van der Waals surface area contributed by atoms with E-state index in [2.05, 4.69) is 15.7 Å². The Labute approximate surface area is 199 Å². The second-order valence-corrected chi connectivity index (χ2v) is 9.41. The number of nitrogens with zero attached hydrogens (tertiary/aromatic N) is 2. The van der Waals surface area contributed by atoms with Gasteiger partial charge >= 0.3 is 18.3 Å². The van der Waals surface area contributed by atoms with Gasteiger partial charge in [-0.1, -0.05) is 23.7 Å². The Balaban J connectivity index is 1.84. The van der Waals surface area contributed by atoms with Crippen LogP contribution in [0, 0.1) is 0 Å². The topological polar surface area (TPSA) is 83.0 Å². The summed E-state index contributed by atoms with van der Waals surface area (Å²) in [6.07, 6.45) is -5.17. The fourth-order valence-corrected chi connectivity index (χ4v) is 3.43. The van der Waals surface area contributed by atoms with Gasteiger partial charge in [-0.15, -0.1) is 0 Å². The molecular weight excluding hydrogens is 473 g/mol. The molecule has 2 aromatic rings. The molecule has 11 heteroatoms. The number of halogens is 4. The highest BCUT2D eigenvalue weighted by atomic mass is 35.5. The van der Waals surface area contributed by atoms with Crippen LogP contribution in [0.4, 0.5) is 28.4 Å². The normalized spacial score (nSPS) is 18.4. The van der Waals surface area contributed by atoms with Gasteiger partial charge < -0.3 is 15.4 Å². The van der Waals surface area contributed by atoms with Gasteiger partial charge in [0.15, 0.2) is 0 Å². The molecule has 34 heavy (non-hydrogen) atoms. The van der Waals surface area contributed by atoms with E-state index >= 15 is 0 Å². The minimum Gasteiger partial charge on any atom is -0.444 e. The molecule has 0 radical (unpaired) electrons. The molecule has 0 saturated heterocycles. The first-order chi connectivity index (χ1) is 15.7. The summed E-state index contributed by atoms with van der Waals surface area (Å²) in [7, 11) is 0. The van der Waals surface area contributed by atoms with Crippen molar-refractivity contribution in [2.75, 3.05) is 11.9 Å². The number of alkyl carbamates (subject to hydrolysis) is 1. The van der Waals surface area contributed by atoms with Crippen molar-refractivity contribution in [1.82, 2.24) is 10.3 Å². The molecular formula is C23H24ClF3N4O3. The molecule has 7 nitrogen and oxygen atoms in total. The summed E-state index contributed by atoms with van der Waals surface area (Å²) in [5.74, 6) is 0. The third-order valence-corrected chi connectivity index (χ3v) is 5.05. The molecule has 2 aromatic carbocycles. The second-order valence-electron chi connectivity index (χ2n) is 8.98. The maximum Gasteiger partial charge on any atom is 0.416 e. The maximum atomic E-state index is 12.9. The summed E-state index contributed by atoms with van der Waals surface area (Å²) in [5, 5.41) is 11.3. The number of nitrogens with one attached hydrogen (secondary N) is 2. The minimum atomic E-state index is -4.48. The first-order valence-corrected chi connectivity index (χ1v) is 10.7. The lowest BCUT2D eigenvalue weighted by Gasteiger charge is -2.29. The van der Waals surface area contributed by atoms with Crippen LogP contribution in [0.15, 0.2) is 53.6 Å². The van der Waals surface area contributed by atoms with Crippen LogP contribution in [0.2, 0.25) is 5.02 Å². The lowest BCUT2D eigenvalue weighted by Crippen LogP contribution is -2.55. The number of carbonyl (C=O) groups is 2. The molecule has 0 saturated carbocycles. The smallest absolute Gasteiger partial charge is 0.416 e. The largest absolute Gasteiger partial charge is 0.444 e. The van der Waals surface area contributed by atoms with Crippen molar-refractivity contribution < 1.29 is 27.5 Å². The number of rotatable bonds is 3. The quantitative estimate of drug-likeness (QED) is 0.555. The van der Waals surface area contributed by atoms with E-state index in [9.17, 15) is 22.8 Å². The number of ether oxygens (including phenoxy) is 1. The molecule has 0 aliphatic carbocycles. The molecule has 1 heterocycles. The van der Waals surface area contributed by atoms with Crippen LogP contribution in [0.1, 0.15) is 38.8 Å². The van der Waals surface area contributed by atoms with Crippen LogP contribution >= 0.6 is 11.6 Å². The van der Waals surface area contributed by atoms with Gasteiger partial charge in [0.25, 0.3) is 0 Å². The first kappa shape index (κ1) is 25.4. The summed E-state index contributed by atoms with van der Waals surface area (Å²) in [6, 6.07) is 10.1. The molecule has 1 aliphatic heterocycles. The monoisotopic (exact) mass is 496 g/mol. The number of alkyl halides is 3. The minimum absolute atomic E-state index is 0.0450. The molecule has 0 spiro atoms.